The van der Waals surface area contributed by atoms with Gasteiger partial charge in [-0.2, -0.15) is 0 Å². The molecule has 1 atom stereocenters. The van der Waals surface area contributed by atoms with E-state index in [-0.39, 0.29) is 5.91 Å². The Labute approximate surface area is 225 Å². The van der Waals surface area contributed by atoms with Gasteiger partial charge in [0.2, 0.25) is 0 Å². The maximum atomic E-state index is 13.2. The molecule has 6 heteroatoms. The van der Waals surface area contributed by atoms with E-state index in [0.717, 1.165) is 67.4 Å². The number of aryl methyl sites for hydroxylation is 1. The Hall–Kier alpha value is -3.51. The third-order valence-electron chi connectivity index (χ3n) is 7.83. The summed E-state index contributed by atoms with van der Waals surface area (Å²) in [6.45, 7) is 3.93. The fraction of sp³-hybridized carbons (Fsp3) is 0.406. The second-order valence-corrected chi connectivity index (χ2v) is 10.3. The molecule has 3 aromatic rings. The Balaban J connectivity index is 1.24. The molecular formula is C32H38N2O4. The van der Waals surface area contributed by atoms with Crippen molar-refractivity contribution in [3.63, 3.8) is 0 Å². The molecule has 38 heavy (non-hydrogen) atoms. The maximum Gasteiger partial charge on any atom is 0.255 e. The summed E-state index contributed by atoms with van der Waals surface area (Å²) in [6, 6.07) is 19.7. The number of benzene rings is 3. The van der Waals surface area contributed by atoms with Gasteiger partial charge in [0.15, 0.2) is 0 Å². The monoisotopic (exact) mass is 514 g/mol. The first-order valence-corrected chi connectivity index (χ1v) is 13.7. The summed E-state index contributed by atoms with van der Waals surface area (Å²) in [5.41, 5.74) is 5.23. The number of hydrogen-bond donors (Lipinski definition) is 1. The first-order valence-electron chi connectivity index (χ1n) is 13.7. The van der Waals surface area contributed by atoms with E-state index in [0.29, 0.717) is 18.1 Å². The highest BCUT2D eigenvalue weighted by Gasteiger charge is 2.24. The zero-order chi connectivity index (χ0) is 26.3. The van der Waals surface area contributed by atoms with Gasteiger partial charge in [-0.15, -0.1) is 0 Å². The van der Waals surface area contributed by atoms with Crippen molar-refractivity contribution in [1.82, 2.24) is 4.90 Å². The van der Waals surface area contributed by atoms with E-state index in [1.807, 2.05) is 42.5 Å². The van der Waals surface area contributed by atoms with Crippen LogP contribution in [0.5, 0.6) is 17.2 Å². The molecule has 1 fully saturated rings. The number of rotatable bonds is 9. The van der Waals surface area contributed by atoms with Crippen LogP contribution in [0.2, 0.25) is 0 Å². The van der Waals surface area contributed by atoms with Crippen molar-refractivity contribution < 1.29 is 19.0 Å². The number of carbonyl (C=O) groups is 1. The van der Waals surface area contributed by atoms with Crippen molar-refractivity contribution in [2.24, 2.45) is 0 Å². The molecule has 0 saturated carbocycles. The van der Waals surface area contributed by atoms with Crippen LogP contribution in [0.25, 0.3) is 0 Å². The van der Waals surface area contributed by atoms with E-state index in [1.54, 1.807) is 14.2 Å². The average molecular weight is 515 g/mol. The van der Waals surface area contributed by atoms with Gasteiger partial charge in [-0.1, -0.05) is 18.6 Å². The van der Waals surface area contributed by atoms with Crippen LogP contribution >= 0.6 is 0 Å². The summed E-state index contributed by atoms with van der Waals surface area (Å²) in [4.78, 5) is 15.7. The lowest BCUT2D eigenvalue weighted by Gasteiger charge is -2.27. The second-order valence-electron chi connectivity index (χ2n) is 10.3. The van der Waals surface area contributed by atoms with Gasteiger partial charge in [0.05, 0.1) is 14.2 Å². The van der Waals surface area contributed by atoms with Gasteiger partial charge in [-0.25, -0.2) is 0 Å². The van der Waals surface area contributed by atoms with Crippen molar-refractivity contribution >= 4 is 11.6 Å². The van der Waals surface area contributed by atoms with Crippen molar-refractivity contribution in [2.45, 2.75) is 44.4 Å². The first-order chi connectivity index (χ1) is 18.6. The number of methoxy groups -OCH3 is 2. The number of likely N-dealkylation sites (tertiary alicyclic amines) is 1. The number of piperidine rings is 1. The largest absolute Gasteiger partial charge is 0.497 e. The van der Waals surface area contributed by atoms with Gasteiger partial charge in [-0.3, -0.25) is 9.69 Å². The fourth-order valence-electron chi connectivity index (χ4n) is 5.62. The predicted molar refractivity (Wildman–Crippen MR) is 151 cm³/mol. The van der Waals surface area contributed by atoms with Crippen molar-refractivity contribution in [2.75, 3.05) is 45.8 Å². The molecule has 1 N–H and O–H groups in total. The van der Waals surface area contributed by atoms with Crippen molar-refractivity contribution in [1.29, 1.82) is 0 Å². The molecule has 0 aromatic heterocycles. The van der Waals surface area contributed by atoms with Crippen molar-refractivity contribution in [3.8, 4) is 17.2 Å². The zero-order valence-corrected chi connectivity index (χ0v) is 22.5. The Morgan fingerprint density at radius 2 is 1.58 bits per heavy atom. The summed E-state index contributed by atoms with van der Waals surface area (Å²) in [6.07, 6.45) is 6.82. The van der Waals surface area contributed by atoms with Crippen LogP contribution in [-0.2, 0) is 12.8 Å². The number of nitrogens with zero attached hydrogens (tertiary/aromatic N) is 1. The molecule has 5 rings (SSSR count). The smallest absolute Gasteiger partial charge is 0.255 e. The molecule has 1 amide bonds. The van der Waals surface area contributed by atoms with E-state index >= 15 is 0 Å². The van der Waals surface area contributed by atoms with Crippen LogP contribution < -0.4 is 19.5 Å². The highest BCUT2D eigenvalue weighted by atomic mass is 16.5. The molecule has 1 heterocycles. The standard InChI is InChI=1S/C32H38N2O4/c1-36-28-13-10-24-20-26(7-6-25(24)21-28)30-15-14-29(37-2)22-31(30)33-32(35)23-8-11-27(12-9-23)38-19-18-34-16-4-3-5-17-34/h8-15,21-22,26H,3-7,16-20H2,1-2H3,(H,33,35). The van der Waals surface area contributed by atoms with Gasteiger partial charge in [-0.05, 0) is 110 Å². The van der Waals surface area contributed by atoms with Crippen LogP contribution in [0.4, 0.5) is 5.69 Å². The van der Waals surface area contributed by atoms with Gasteiger partial charge in [0, 0.05) is 23.9 Å². The molecule has 0 bridgehead atoms. The van der Waals surface area contributed by atoms with Gasteiger partial charge in [0.1, 0.15) is 23.9 Å². The normalized spacial score (nSPS) is 17.4. The number of hydrogen-bond acceptors (Lipinski definition) is 5. The van der Waals surface area contributed by atoms with Crippen LogP contribution in [0.15, 0.2) is 60.7 Å². The molecule has 6 nitrogen and oxygen atoms in total. The Morgan fingerprint density at radius 3 is 2.34 bits per heavy atom. The van der Waals surface area contributed by atoms with E-state index in [9.17, 15) is 4.79 Å². The fourth-order valence-corrected chi connectivity index (χ4v) is 5.62. The molecule has 3 aromatic carbocycles. The summed E-state index contributed by atoms with van der Waals surface area (Å²) in [5.74, 6) is 2.59. The molecule has 0 spiro atoms. The van der Waals surface area contributed by atoms with Crippen molar-refractivity contribution in [3.05, 3.63) is 82.9 Å². The highest BCUT2D eigenvalue weighted by molar-refractivity contribution is 6.04. The number of carbonyl (C=O) groups excluding carboxylic acids is 1. The minimum Gasteiger partial charge on any atom is -0.497 e. The summed E-state index contributed by atoms with van der Waals surface area (Å²) >= 11 is 0. The minimum atomic E-state index is -0.139. The van der Waals surface area contributed by atoms with E-state index in [2.05, 4.69) is 28.4 Å². The summed E-state index contributed by atoms with van der Waals surface area (Å²) in [7, 11) is 3.35. The Morgan fingerprint density at radius 1 is 0.868 bits per heavy atom. The second kappa shape index (κ2) is 12.4. The molecule has 1 unspecified atom stereocenters. The molecule has 200 valence electrons. The SMILES string of the molecule is COc1ccc2c(c1)CCC(c1ccc(OC)cc1NC(=O)c1ccc(OCCN3CCCCC3)cc1)C2. The van der Waals surface area contributed by atoms with E-state index < -0.39 is 0 Å². The minimum absolute atomic E-state index is 0.139. The quantitative estimate of drug-likeness (QED) is 0.374. The van der Waals surface area contributed by atoms with E-state index in [1.165, 1.54) is 30.4 Å². The number of anilines is 1. The lowest BCUT2D eigenvalue weighted by atomic mass is 9.79. The maximum absolute atomic E-state index is 13.2. The van der Waals surface area contributed by atoms with Crippen LogP contribution in [0.1, 0.15) is 58.6 Å². The topological polar surface area (TPSA) is 60.0 Å². The average Bonchev–Trinajstić information content (AvgIpc) is 2.97. The number of ether oxygens (including phenoxy) is 3. The molecule has 0 radical (unpaired) electrons. The van der Waals surface area contributed by atoms with Crippen LogP contribution in [0.3, 0.4) is 0 Å². The first kappa shape index (κ1) is 26.1. The van der Waals surface area contributed by atoms with Crippen LogP contribution in [0, 0.1) is 0 Å². The van der Waals surface area contributed by atoms with Gasteiger partial charge in [0.25, 0.3) is 5.91 Å². The summed E-state index contributed by atoms with van der Waals surface area (Å²) in [5, 5.41) is 3.16. The van der Waals surface area contributed by atoms with E-state index in [4.69, 9.17) is 14.2 Å². The third kappa shape index (κ3) is 6.30. The lowest BCUT2D eigenvalue weighted by molar-refractivity contribution is 0.102. The number of fused-ring (bicyclic) bond motifs is 1. The Bertz CT molecular complexity index is 1230. The summed E-state index contributed by atoms with van der Waals surface area (Å²) < 4.78 is 16.8. The predicted octanol–water partition coefficient (Wildman–Crippen LogP) is 6.09. The van der Waals surface area contributed by atoms with Gasteiger partial charge < -0.3 is 19.5 Å². The number of nitrogens with one attached hydrogen (secondary N) is 1. The molecule has 1 aliphatic heterocycles. The van der Waals surface area contributed by atoms with Crippen LogP contribution in [-0.4, -0.2) is 51.3 Å². The third-order valence-corrected chi connectivity index (χ3v) is 7.83. The highest BCUT2D eigenvalue weighted by Crippen LogP contribution is 2.38. The number of amides is 1. The molecule has 1 saturated heterocycles. The molecule has 2 aliphatic rings. The van der Waals surface area contributed by atoms with Gasteiger partial charge >= 0.3 is 0 Å². The molecule has 1 aliphatic carbocycles. The lowest BCUT2D eigenvalue weighted by Crippen LogP contribution is -2.33. The zero-order valence-electron chi connectivity index (χ0n) is 22.5. The molecular weight excluding hydrogens is 476 g/mol. The Kier molecular flexibility index (Phi) is 8.49.